The van der Waals surface area contributed by atoms with E-state index in [0.29, 0.717) is 15.6 Å². The average Bonchev–Trinajstić information content (AvgIpc) is 2.40. The van der Waals surface area contributed by atoms with Crippen molar-refractivity contribution in [3.8, 4) is 0 Å². The third-order valence-electron chi connectivity index (χ3n) is 2.95. The van der Waals surface area contributed by atoms with Crippen LogP contribution in [-0.4, -0.2) is 11.1 Å². The van der Waals surface area contributed by atoms with E-state index in [1.165, 1.54) is 0 Å². The molecule has 2 nitrogen and oxygen atoms in total. The van der Waals surface area contributed by atoms with Crippen LogP contribution in [-0.2, 0) is 0 Å². The first-order valence-electron chi connectivity index (χ1n) is 6.47. The molecule has 0 spiro atoms. The number of hydrogen-bond donors (Lipinski definition) is 2. The summed E-state index contributed by atoms with van der Waals surface area (Å²) in [5.74, 6) is 0. The highest BCUT2D eigenvalue weighted by Crippen LogP contribution is 2.34. The minimum Gasteiger partial charge on any atom is -0.384 e. The van der Waals surface area contributed by atoms with Crippen molar-refractivity contribution in [2.45, 2.75) is 26.0 Å². The minimum atomic E-state index is -0.816. The maximum Gasteiger partial charge on any atom is 0.108 e. The Morgan fingerprint density at radius 1 is 1.00 bits per heavy atom. The van der Waals surface area contributed by atoms with E-state index in [1.54, 1.807) is 18.2 Å². The minimum absolute atomic E-state index is 0.258. The van der Waals surface area contributed by atoms with Crippen LogP contribution < -0.4 is 5.32 Å². The van der Waals surface area contributed by atoms with Crippen molar-refractivity contribution in [2.75, 3.05) is 5.32 Å². The lowest BCUT2D eigenvalue weighted by Gasteiger charge is -2.20. The summed E-state index contributed by atoms with van der Waals surface area (Å²) in [6.45, 7) is 4.08. The van der Waals surface area contributed by atoms with Gasteiger partial charge in [0, 0.05) is 32.9 Å². The molecular formula is C16H17Cl2NO. The molecule has 0 aromatic heterocycles. The van der Waals surface area contributed by atoms with Gasteiger partial charge in [0.05, 0.1) is 0 Å². The molecule has 20 heavy (non-hydrogen) atoms. The molecule has 2 aromatic carbocycles. The molecular weight excluding hydrogens is 293 g/mol. The molecule has 1 atom stereocenters. The number of halogens is 2. The van der Waals surface area contributed by atoms with Gasteiger partial charge >= 0.3 is 0 Å². The highest BCUT2D eigenvalue weighted by Gasteiger charge is 2.18. The largest absolute Gasteiger partial charge is 0.384 e. The summed E-state index contributed by atoms with van der Waals surface area (Å²) in [6.07, 6.45) is -0.816. The van der Waals surface area contributed by atoms with Crippen molar-refractivity contribution < 1.29 is 5.11 Å². The van der Waals surface area contributed by atoms with Gasteiger partial charge in [-0.15, -0.1) is 0 Å². The van der Waals surface area contributed by atoms with E-state index in [4.69, 9.17) is 23.2 Å². The molecule has 0 saturated carbocycles. The second-order valence-electron chi connectivity index (χ2n) is 4.95. The number of benzene rings is 2. The Kier molecular flexibility index (Phi) is 4.92. The van der Waals surface area contributed by atoms with Gasteiger partial charge in [-0.2, -0.15) is 0 Å². The molecule has 106 valence electrons. The smallest absolute Gasteiger partial charge is 0.108 e. The van der Waals surface area contributed by atoms with Gasteiger partial charge in [-0.3, -0.25) is 0 Å². The van der Waals surface area contributed by atoms with Gasteiger partial charge in [0.15, 0.2) is 0 Å². The molecule has 2 aromatic rings. The second-order valence-corrected chi connectivity index (χ2v) is 5.80. The summed E-state index contributed by atoms with van der Waals surface area (Å²) in [4.78, 5) is 0. The predicted molar refractivity (Wildman–Crippen MR) is 85.7 cm³/mol. The molecule has 0 saturated heterocycles. The highest BCUT2D eigenvalue weighted by molar-refractivity contribution is 6.31. The zero-order valence-electron chi connectivity index (χ0n) is 11.4. The van der Waals surface area contributed by atoms with Crippen LogP contribution >= 0.6 is 23.2 Å². The van der Waals surface area contributed by atoms with Crippen LogP contribution in [0.15, 0.2) is 42.5 Å². The molecule has 0 unspecified atom stereocenters. The molecule has 0 heterocycles. The molecule has 0 aliphatic rings. The van der Waals surface area contributed by atoms with E-state index in [9.17, 15) is 5.11 Å². The van der Waals surface area contributed by atoms with Crippen molar-refractivity contribution in [1.29, 1.82) is 0 Å². The maximum atomic E-state index is 10.6. The second kappa shape index (κ2) is 6.49. The molecule has 2 N–H and O–H groups in total. The third kappa shape index (κ3) is 3.45. The van der Waals surface area contributed by atoms with E-state index >= 15 is 0 Å². The molecule has 0 radical (unpaired) electrons. The van der Waals surface area contributed by atoms with Crippen LogP contribution in [0.1, 0.15) is 31.1 Å². The number of aliphatic hydroxyl groups is 1. The Hall–Kier alpha value is -1.22. The van der Waals surface area contributed by atoms with Crippen molar-refractivity contribution in [3.05, 3.63) is 63.6 Å². The van der Waals surface area contributed by atoms with Gasteiger partial charge in [-0.05, 0) is 38.1 Å². The highest BCUT2D eigenvalue weighted by atomic mass is 35.5. The van der Waals surface area contributed by atoms with E-state index in [0.717, 1.165) is 11.3 Å². The molecule has 0 aliphatic heterocycles. The third-order valence-corrected chi connectivity index (χ3v) is 3.53. The normalized spacial score (nSPS) is 12.5. The van der Waals surface area contributed by atoms with E-state index in [1.807, 2.05) is 38.1 Å². The fourth-order valence-electron chi connectivity index (χ4n) is 2.07. The lowest BCUT2D eigenvalue weighted by Crippen LogP contribution is -2.13. The summed E-state index contributed by atoms with van der Waals surface area (Å²) < 4.78 is 0. The Labute approximate surface area is 129 Å². The molecule has 4 heteroatoms. The summed E-state index contributed by atoms with van der Waals surface area (Å²) in [5.41, 5.74) is 2.25. The summed E-state index contributed by atoms with van der Waals surface area (Å²) >= 11 is 12.2. The van der Waals surface area contributed by atoms with Gasteiger partial charge in [-0.25, -0.2) is 0 Å². The van der Waals surface area contributed by atoms with Crippen LogP contribution in [0.2, 0.25) is 10.0 Å². The van der Waals surface area contributed by atoms with Crippen molar-refractivity contribution in [1.82, 2.24) is 0 Å². The molecule has 0 fully saturated rings. The van der Waals surface area contributed by atoms with E-state index < -0.39 is 6.10 Å². The van der Waals surface area contributed by atoms with Crippen LogP contribution in [0.3, 0.4) is 0 Å². The number of anilines is 1. The summed E-state index contributed by atoms with van der Waals surface area (Å²) in [6, 6.07) is 13.0. The summed E-state index contributed by atoms with van der Waals surface area (Å²) in [5, 5.41) is 15.0. The number of aliphatic hydroxyl groups excluding tert-OH is 1. The van der Waals surface area contributed by atoms with Gasteiger partial charge < -0.3 is 10.4 Å². The molecule has 0 aliphatic carbocycles. The quantitative estimate of drug-likeness (QED) is 0.842. The van der Waals surface area contributed by atoms with E-state index in [-0.39, 0.29) is 6.04 Å². The Morgan fingerprint density at radius 3 is 2.35 bits per heavy atom. The van der Waals surface area contributed by atoms with Gasteiger partial charge in [-0.1, -0.05) is 41.4 Å². The Balaban J connectivity index is 2.45. The molecule has 2 rings (SSSR count). The zero-order valence-corrected chi connectivity index (χ0v) is 12.9. The average molecular weight is 310 g/mol. The fraction of sp³-hybridized carbons (Fsp3) is 0.250. The number of rotatable bonds is 4. The topological polar surface area (TPSA) is 32.3 Å². The first-order chi connectivity index (χ1) is 9.49. The molecule has 0 bridgehead atoms. The standard InChI is InChI=1S/C16H17Cl2NO/c1-10(2)19-15-8-7-11(17)9-13(15)16(20)12-5-3-4-6-14(12)18/h3-10,16,19-20H,1-2H3/t16-/m1/s1. The van der Waals surface area contributed by atoms with Crippen LogP contribution in [0.25, 0.3) is 0 Å². The Bertz CT molecular complexity index is 599. The van der Waals surface area contributed by atoms with Crippen molar-refractivity contribution >= 4 is 28.9 Å². The zero-order chi connectivity index (χ0) is 14.7. The maximum absolute atomic E-state index is 10.6. The monoisotopic (exact) mass is 309 g/mol. The van der Waals surface area contributed by atoms with Gasteiger partial charge in [0.25, 0.3) is 0 Å². The number of hydrogen-bond acceptors (Lipinski definition) is 2. The Morgan fingerprint density at radius 2 is 1.70 bits per heavy atom. The van der Waals surface area contributed by atoms with Crippen LogP contribution in [0, 0.1) is 0 Å². The SMILES string of the molecule is CC(C)Nc1ccc(Cl)cc1[C@H](O)c1ccccc1Cl. The summed E-state index contributed by atoms with van der Waals surface area (Å²) in [7, 11) is 0. The van der Waals surface area contributed by atoms with Crippen LogP contribution in [0.5, 0.6) is 0 Å². The lowest BCUT2D eigenvalue weighted by molar-refractivity contribution is 0.221. The van der Waals surface area contributed by atoms with Gasteiger partial charge in [0.2, 0.25) is 0 Å². The first kappa shape index (κ1) is 15.2. The molecule has 0 amide bonds. The fourth-order valence-corrected chi connectivity index (χ4v) is 2.49. The number of nitrogens with one attached hydrogen (secondary N) is 1. The van der Waals surface area contributed by atoms with Gasteiger partial charge in [0.1, 0.15) is 6.10 Å². The van der Waals surface area contributed by atoms with Crippen LogP contribution in [0.4, 0.5) is 5.69 Å². The van der Waals surface area contributed by atoms with Crippen molar-refractivity contribution in [2.24, 2.45) is 0 Å². The van der Waals surface area contributed by atoms with E-state index in [2.05, 4.69) is 5.32 Å². The lowest BCUT2D eigenvalue weighted by atomic mass is 9.99. The predicted octanol–water partition coefficient (Wildman–Crippen LogP) is 4.90. The first-order valence-corrected chi connectivity index (χ1v) is 7.23. The van der Waals surface area contributed by atoms with Crippen molar-refractivity contribution in [3.63, 3.8) is 0 Å².